The molecule has 4 bridgehead atoms. The summed E-state index contributed by atoms with van der Waals surface area (Å²) in [5.74, 6) is 2.00. The van der Waals surface area contributed by atoms with Crippen LogP contribution in [0.1, 0.15) is 86.3 Å². The zero-order valence-electron chi connectivity index (χ0n) is 18.6. The van der Waals surface area contributed by atoms with E-state index in [0.717, 1.165) is 48.5 Å². The molecule has 0 radical (unpaired) electrons. The first-order valence-corrected chi connectivity index (χ1v) is 12.5. The van der Waals surface area contributed by atoms with E-state index >= 15 is 0 Å². The lowest BCUT2D eigenvalue weighted by Crippen LogP contribution is -2.51. The minimum atomic E-state index is -0.684. The van der Waals surface area contributed by atoms with Crippen LogP contribution in [0.4, 0.5) is 0 Å². The SMILES string of the molecule is O=C(NCC12CC3CC(CC(C3)C1)C2)c1cccc2nc(C3CCC(C(=O)O)CC3)cn12. The van der Waals surface area contributed by atoms with Gasteiger partial charge in [0.2, 0.25) is 0 Å². The number of rotatable bonds is 5. The fraction of sp³-hybridized carbons (Fsp3) is 0.654. The molecule has 5 aliphatic rings. The first-order chi connectivity index (χ1) is 15.5. The largest absolute Gasteiger partial charge is 0.481 e. The first-order valence-electron chi connectivity index (χ1n) is 12.5. The van der Waals surface area contributed by atoms with Gasteiger partial charge in [0.05, 0.1) is 11.6 Å². The van der Waals surface area contributed by atoms with Crippen LogP contribution < -0.4 is 5.32 Å². The second kappa shape index (κ2) is 7.60. The van der Waals surface area contributed by atoms with Crippen LogP contribution in [0.5, 0.6) is 0 Å². The predicted molar refractivity (Wildman–Crippen MR) is 120 cm³/mol. The molecule has 0 spiro atoms. The number of carbonyl (C=O) groups excluding carboxylic acids is 1. The van der Waals surface area contributed by atoms with Gasteiger partial charge in [0.15, 0.2) is 0 Å². The van der Waals surface area contributed by atoms with Crippen LogP contribution in [-0.4, -0.2) is 32.9 Å². The molecule has 5 saturated carbocycles. The number of nitrogens with zero attached hydrogens (tertiary/aromatic N) is 2. The Kier molecular flexibility index (Phi) is 4.81. The number of imidazole rings is 1. The maximum absolute atomic E-state index is 13.2. The van der Waals surface area contributed by atoms with Gasteiger partial charge in [-0.2, -0.15) is 0 Å². The second-order valence-electron chi connectivity index (χ2n) is 11.3. The van der Waals surface area contributed by atoms with E-state index in [1.54, 1.807) is 0 Å². The lowest BCUT2D eigenvalue weighted by molar-refractivity contribution is -0.142. The van der Waals surface area contributed by atoms with E-state index in [-0.39, 0.29) is 17.7 Å². The third-order valence-electron chi connectivity index (χ3n) is 9.03. The van der Waals surface area contributed by atoms with Crippen molar-refractivity contribution in [3.8, 4) is 0 Å². The Morgan fingerprint density at radius 1 is 1.03 bits per heavy atom. The number of hydrogen-bond acceptors (Lipinski definition) is 3. The van der Waals surface area contributed by atoms with E-state index in [0.29, 0.717) is 24.0 Å². The smallest absolute Gasteiger partial charge is 0.306 e. The van der Waals surface area contributed by atoms with E-state index < -0.39 is 5.97 Å². The topological polar surface area (TPSA) is 83.7 Å². The van der Waals surface area contributed by atoms with Gasteiger partial charge in [-0.05, 0) is 99.5 Å². The Labute approximate surface area is 188 Å². The highest BCUT2D eigenvalue weighted by atomic mass is 16.4. The highest BCUT2D eigenvalue weighted by Gasteiger charge is 2.50. The van der Waals surface area contributed by atoms with Crippen molar-refractivity contribution in [2.24, 2.45) is 29.1 Å². The summed E-state index contributed by atoms with van der Waals surface area (Å²) in [6, 6.07) is 5.74. The number of fused-ring (bicyclic) bond motifs is 1. The number of carbonyl (C=O) groups is 2. The maximum Gasteiger partial charge on any atom is 0.306 e. The first kappa shape index (κ1) is 20.3. The molecule has 2 N–H and O–H groups in total. The summed E-state index contributed by atoms with van der Waals surface area (Å²) in [5.41, 5.74) is 2.74. The molecule has 170 valence electrons. The van der Waals surface area contributed by atoms with Crippen molar-refractivity contribution in [3.05, 3.63) is 35.8 Å². The Morgan fingerprint density at radius 3 is 2.31 bits per heavy atom. The summed E-state index contributed by atoms with van der Waals surface area (Å²) < 4.78 is 1.92. The van der Waals surface area contributed by atoms with Gasteiger partial charge in [0.25, 0.3) is 5.91 Å². The quantitative estimate of drug-likeness (QED) is 0.717. The monoisotopic (exact) mass is 435 g/mol. The van der Waals surface area contributed by atoms with Gasteiger partial charge in [-0.1, -0.05) is 6.07 Å². The predicted octanol–water partition coefficient (Wildman–Crippen LogP) is 4.64. The van der Waals surface area contributed by atoms with Crippen molar-refractivity contribution in [2.75, 3.05) is 6.54 Å². The van der Waals surface area contributed by atoms with E-state index in [4.69, 9.17) is 4.98 Å². The normalized spacial score (nSPS) is 35.8. The van der Waals surface area contributed by atoms with Gasteiger partial charge in [-0.15, -0.1) is 0 Å². The van der Waals surface area contributed by atoms with Crippen LogP contribution in [0.25, 0.3) is 5.65 Å². The summed E-state index contributed by atoms with van der Waals surface area (Å²) in [5, 5.41) is 12.6. The van der Waals surface area contributed by atoms with E-state index in [2.05, 4.69) is 5.32 Å². The molecule has 2 aromatic rings. The average molecular weight is 436 g/mol. The fourth-order valence-electron chi connectivity index (χ4n) is 7.91. The van der Waals surface area contributed by atoms with Crippen LogP contribution in [0.3, 0.4) is 0 Å². The number of carboxylic acid groups (broad SMARTS) is 1. The minimum Gasteiger partial charge on any atom is -0.481 e. The van der Waals surface area contributed by atoms with Crippen LogP contribution in [0.2, 0.25) is 0 Å². The molecule has 6 nitrogen and oxygen atoms in total. The molecule has 5 fully saturated rings. The van der Waals surface area contributed by atoms with E-state index in [1.165, 1.54) is 38.5 Å². The molecule has 7 rings (SSSR count). The van der Waals surface area contributed by atoms with Crippen LogP contribution in [0, 0.1) is 29.1 Å². The molecule has 0 atom stereocenters. The van der Waals surface area contributed by atoms with Gasteiger partial charge in [-0.25, -0.2) is 4.98 Å². The van der Waals surface area contributed by atoms with Gasteiger partial charge in [0, 0.05) is 18.7 Å². The third kappa shape index (κ3) is 3.52. The molecule has 32 heavy (non-hydrogen) atoms. The van der Waals surface area contributed by atoms with Gasteiger partial charge >= 0.3 is 5.97 Å². The average Bonchev–Trinajstić information content (AvgIpc) is 3.21. The zero-order valence-corrected chi connectivity index (χ0v) is 18.6. The molecule has 2 heterocycles. The van der Waals surface area contributed by atoms with Crippen molar-refractivity contribution in [2.45, 2.75) is 70.1 Å². The number of amides is 1. The molecule has 0 saturated heterocycles. The Balaban J connectivity index is 1.17. The van der Waals surface area contributed by atoms with Gasteiger partial charge in [0.1, 0.15) is 11.3 Å². The highest BCUT2D eigenvalue weighted by Crippen LogP contribution is 2.59. The Bertz CT molecular complexity index is 1010. The van der Waals surface area contributed by atoms with Gasteiger partial charge < -0.3 is 10.4 Å². The molecule has 2 aromatic heterocycles. The van der Waals surface area contributed by atoms with Crippen molar-refractivity contribution < 1.29 is 14.7 Å². The van der Waals surface area contributed by atoms with Crippen molar-refractivity contribution >= 4 is 17.5 Å². The molecular formula is C26H33N3O3. The highest BCUT2D eigenvalue weighted by molar-refractivity contribution is 5.93. The number of carboxylic acids is 1. The van der Waals surface area contributed by atoms with Crippen LogP contribution in [0.15, 0.2) is 24.4 Å². The third-order valence-corrected chi connectivity index (χ3v) is 9.03. The summed E-state index contributed by atoms with van der Waals surface area (Å²) in [6.07, 6.45) is 13.2. The standard InChI is InChI=1S/C26H33N3O3/c30-24(27-15-26-11-16-8-17(12-26)10-18(9-16)13-26)22-2-1-3-23-28-21(14-29(22)23)19-4-6-20(7-5-19)25(31)32/h1-3,14,16-20H,4-13,15H2,(H,27,30)(H,31,32). The van der Waals surface area contributed by atoms with E-state index in [9.17, 15) is 14.7 Å². The summed E-state index contributed by atoms with van der Waals surface area (Å²) in [7, 11) is 0. The Hall–Kier alpha value is -2.37. The molecule has 0 aromatic carbocycles. The summed E-state index contributed by atoms with van der Waals surface area (Å²) >= 11 is 0. The van der Waals surface area contributed by atoms with Crippen LogP contribution in [-0.2, 0) is 4.79 Å². The number of pyridine rings is 1. The zero-order chi connectivity index (χ0) is 21.9. The maximum atomic E-state index is 13.2. The number of hydrogen-bond donors (Lipinski definition) is 2. The lowest BCUT2D eigenvalue weighted by atomic mass is 9.49. The molecule has 0 aliphatic heterocycles. The number of aromatic nitrogens is 2. The molecule has 1 amide bonds. The minimum absolute atomic E-state index is 0.00937. The van der Waals surface area contributed by atoms with Crippen molar-refractivity contribution in [1.29, 1.82) is 0 Å². The summed E-state index contributed by atoms with van der Waals surface area (Å²) in [4.78, 5) is 29.3. The molecular weight excluding hydrogens is 402 g/mol. The molecule has 0 unspecified atom stereocenters. The molecule has 5 aliphatic carbocycles. The van der Waals surface area contributed by atoms with Crippen molar-refractivity contribution in [1.82, 2.24) is 14.7 Å². The van der Waals surface area contributed by atoms with E-state index in [1.807, 2.05) is 28.8 Å². The Morgan fingerprint density at radius 2 is 1.69 bits per heavy atom. The van der Waals surface area contributed by atoms with Crippen molar-refractivity contribution in [3.63, 3.8) is 0 Å². The summed E-state index contributed by atoms with van der Waals surface area (Å²) in [6.45, 7) is 0.798. The lowest BCUT2D eigenvalue weighted by Gasteiger charge is -2.56. The second-order valence-corrected chi connectivity index (χ2v) is 11.3. The molecule has 6 heteroatoms. The fourth-order valence-corrected chi connectivity index (χ4v) is 7.91. The number of nitrogens with one attached hydrogen (secondary N) is 1. The number of aliphatic carboxylic acids is 1. The van der Waals surface area contributed by atoms with Crippen LogP contribution >= 0.6 is 0 Å². The van der Waals surface area contributed by atoms with Gasteiger partial charge in [-0.3, -0.25) is 14.0 Å².